The number of nitrogens with one attached hydrogen (secondary N) is 1. The molecule has 0 spiro atoms. The van der Waals surface area contributed by atoms with E-state index in [1.165, 1.54) is 35.1 Å². The molecule has 1 aromatic heterocycles. The molecule has 1 aliphatic heterocycles. The summed E-state index contributed by atoms with van der Waals surface area (Å²) in [6.45, 7) is 2.55. The average molecular weight is 601 g/mol. The summed E-state index contributed by atoms with van der Waals surface area (Å²) in [5.74, 6) is -1.05. The Morgan fingerprint density at radius 3 is 2.55 bits per heavy atom. The highest BCUT2D eigenvalue weighted by molar-refractivity contribution is 8.26. The molecule has 8 nitrogen and oxygen atoms in total. The molecular formula is C29H32N2O6S3. The van der Waals surface area contributed by atoms with Crippen LogP contribution in [0.5, 0.6) is 0 Å². The molecule has 1 fully saturated rings. The number of unbranched alkanes of at least 4 members (excludes halogenated alkanes) is 2. The van der Waals surface area contributed by atoms with Crippen molar-refractivity contribution in [1.82, 2.24) is 4.90 Å². The van der Waals surface area contributed by atoms with Crippen LogP contribution in [0.3, 0.4) is 0 Å². The number of thioether (sulfide) groups is 1. The highest BCUT2D eigenvalue weighted by Gasteiger charge is 2.31. The maximum atomic E-state index is 12.9. The zero-order chi connectivity index (χ0) is 28.6. The Kier molecular flexibility index (Phi) is 10.5. The van der Waals surface area contributed by atoms with E-state index in [0.29, 0.717) is 57.8 Å². The van der Waals surface area contributed by atoms with Crippen LogP contribution in [0.4, 0.5) is 5.00 Å². The third-order valence-corrected chi connectivity index (χ3v) is 9.28. The lowest BCUT2D eigenvalue weighted by molar-refractivity contribution is -0.122. The zero-order valence-electron chi connectivity index (χ0n) is 22.6. The molecule has 0 atom stereocenters. The topological polar surface area (TPSA) is 102 Å². The lowest BCUT2D eigenvalue weighted by Gasteiger charge is -2.14. The number of methoxy groups -OCH3 is 1. The number of anilines is 1. The van der Waals surface area contributed by atoms with Crippen molar-refractivity contribution in [3.8, 4) is 0 Å². The van der Waals surface area contributed by atoms with E-state index in [1.54, 1.807) is 42.2 Å². The number of thiophene rings is 1. The Morgan fingerprint density at radius 1 is 1.07 bits per heavy atom. The molecule has 2 aromatic rings. The molecule has 212 valence electrons. The number of aryl methyl sites for hydroxylation is 1. The molecule has 40 heavy (non-hydrogen) atoms. The number of hydrogen-bond acceptors (Lipinski definition) is 9. The number of carbonyl (C=O) groups is 4. The zero-order valence-corrected chi connectivity index (χ0v) is 25.0. The van der Waals surface area contributed by atoms with Crippen molar-refractivity contribution >= 4 is 74.5 Å². The Balaban J connectivity index is 1.25. The van der Waals surface area contributed by atoms with Crippen molar-refractivity contribution in [2.24, 2.45) is 0 Å². The van der Waals surface area contributed by atoms with E-state index < -0.39 is 5.97 Å². The highest BCUT2D eigenvalue weighted by Crippen LogP contribution is 2.39. The van der Waals surface area contributed by atoms with E-state index in [1.807, 2.05) is 0 Å². The lowest BCUT2D eigenvalue weighted by Crippen LogP contribution is -2.29. The number of fused-ring (bicyclic) bond motifs is 1. The number of nitrogens with zero attached hydrogens (tertiary/aromatic N) is 1. The molecule has 4 rings (SSSR count). The van der Waals surface area contributed by atoms with Crippen LogP contribution >= 0.6 is 35.3 Å². The van der Waals surface area contributed by atoms with Crippen LogP contribution in [-0.4, -0.2) is 53.2 Å². The minimum absolute atomic E-state index is 0.129. The van der Waals surface area contributed by atoms with E-state index in [4.69, 9.17) is 21.7 Å². The van der Waals surface area contributed by atoms with Crippen molar-refractivity contribution in [3.63, 3.8) is 0 Å². The minimum atomic E-state index is -0.415. The molecular weight excluding hydrogens is 569 g/mol. The van der Waals surface area contributed by atoms with E-state index in [9.17, 15) is 19.2 Å². The number of carbonyl (C=O) groups excluding carboxylic acids is 4. The van der Waals surface area contributed by atoms with Crippen molar-refractivity contribution < 1.29 is 28.7 Å². The van der Waals surface area contributed by atoms with E-state index in [2.05, 4.69) is 5.32 Å². The average Bonchev–Trinajstić information content (AvgIpc) is 3.44. The highest BCUT2D eigenvalue weighted by atomic mass is 32.2. The summed E-state index contributed by atoms with van der Waals surface area (Å²) in [6.07, 6.45) is 8.09. The predicted octanol–water partition coefficient (Wildman–Crippen LogP) is 5.99. The maximum absolute atomic E-state index is 12.9. The van der Waals surface area contributed by atoms with Gasteiger partial charge in [0.1, 0.15) is 9.32 Å². The monoisotopic (exact) mass is 600 g/mol. The second-order valence-electron chi connectivity index (χ2n) is 9.44. The molecule has 2 amide bonds. The number of hydrogen-bond donors (Lipinski definition) is 1. The van der Waals surface area contributed by atoms with Gasteiger partial charge in [-0.15, -0.1) is 11.3 Å². The summed E-state index contributed by atoms with van der Waals surface area (Å²) < 4.78 is 10.5. The first-order valence-electron chi connectivity index (χ1n) is 13.4. The third kappa shape index (κ3) is 7.18. The summed E-state index contributed by atoms with van der Waals surface area (Å²) in [5.41, 5.74) is 2.78. The van der Waals surface area contributed by atoms with Gasteiger partial charge in [-0.3, -0.25) is 14.5 Å². The van der Waals surface area contributed by atoms with Crippen molar-refractivity contribution in [1.29, 1.82) is 0 Å². The SMILES string of the molecule is CCOC(=O)c1c(NC(=O)CCCCCN2C(=O)/C(=C/c3ccc(C(=O)OC)cc3)SC2=S)sc2c1CCCC2. The van der Waals surface area contributed by atoms with Gasteiger partial charge >= 0.3 is 11.9 Å². The minimum Gasteiger partial charge on any atom is -0.465 e. The molecule has 1 aromatic carbocycles. The summed E-state index contributed by atoms with van der Waals surface area (Å²) >= 11 is 8.17. The Morgan fingerprint density at radius 2 is 1.82 bits per heavy atom. The second kappa shape index (κ2) is 14.0. The smallest absolute Gasteiger partial charge is 0.341 e. The first-order chi connectivity index (χ1) is 19.3. The molecule has 0 unspecified atom stereocenters. The van der Waals surface area contributed by atoms with Gasteiger partial charge in [0.15, 0.2) is 0 Å². The van der Waals surface area contributed by atoms with Crippen LogP contribution in [0, 0.1) is 0 Å². The standard InChI is InChI=1S/C29H32N2O6S3/c1-3-37-28(35)24-20-9-6-7-10-21(20)39-25(24)30-23(32)11-5-4-8-16-31-26(33)22(40-29(31)38)17-18-12-14-19(15-13-18)27(34)36-2/h12-15,17H,3-11,16H2,1-2H3,(H,30,32)/b22-17-. The van der Waals surface area contributed by atoms with Gasteiger partial charge in [0, 0.05) is 17.8 Å². The second-order valence-corrected chi connectivity index (χ2v) is 12.2. The molecule has 1 saturated heterocycles. The van der Waals surface area contributed by atoms with E-state index in [-0.39, 0.29) is 17.8 Å². The summed E-state index contributed by atoms with van der Waals surface area (Å²) in [7, 11) is 1.33. The van der Waals surface area contributed by atoms with Crippen LogP contribution in [0.2, 0.25) is 0 Å². The van der Waals surface area contributed by atoms with Gasteiger partial charge in [-0.1, -0.05) is 42.5 Å². The number of benzene rings is 1. The predicted molar refractivity (Wildman–Crippen MR) is 162 cm³/mol. The largest absolute Gasteiger partial charge is 0.465 e. The van der Waals surface area contributed by atoms with Crippen LogP contribution < -0.4 is 5.32 Å². The molecule has 1 aliphatic carbocycles. The van der Waals surface area contributed by atoms with Gasteiger partial charge in [-0.2, -0.15) is 0 Å². The van der Waals surface area contributed by atoms with Gasteiger partial charge in [-0.25, -0.2) is 9.59 Å². The molecule has 11 heteroatoms. The summed E-state index contributed by atoms with van der Waals surface area (Å²) in [5, 5.41) is 3.55. The van der Waals surface area contributed by atoms with Gasteiger partial charge < -0.3 is 14.8 Å². The Labute approximate surface area is 247 Å². The quantitative estimate of drug-likeness (QED) is 0.145. The number of ether oxygens (including phenoxy) is 2. The van der Waals surface area contributed by atoms with E-state index >= 15 is 0 Å². The van der Waals surface area contributed by atoms with Gasteiger partial charge in [0.05, 0.1) is 29.7 Å². The molecule has 0 saturated carbocycles. The fraction of sp³-hybridized carbons (Fsp3) is 0.414. The number of amides is 2. The number of thiocarbonyl (C=S) groups is 1. The first-order valence-corrected chi connectivity index (χ1v) is 15.4. The molecule has 2 heterocycles. The van der Waals surface area contributed by atoms with E-state index in [0.717, 1.165) is 43.2 Å². The molecule has 1 N–H and O–H groups in total. The number of esters is 2. The van der Waals surface area contributed by atoms with Gasteiger partial charge in [0.2, 0.25) is 5.91 Å². The van der Waals surface area contributed by atoms with Crippen molar-refractivity contribution in [2.45, 2.75) is 58.3 Å². The lowest BCUT2D eigenvalue weighted by atomic mass is 9.95. The molecule has 0 bridgehead atoms. The van der Waals surface area contributed by atoms with Crippen LogP contribution in [0.15, 0.2) is 29.2 Å². The Hall–Kier alpha value is -3.02. The fourth-order valence-electron chi connectivity index (χ4n) is 4.67. The third-order valence-electron chi connectivity index (χ3n) is 6.69. The van der Waals surface area contributed by atoms with Crippen LogP contribution in [0.25, 0.3) is 6.08 Å². The van der Waals surface area contributed by atoms with Crippen molar-refractivity contribution in [3.05, 3.63) is 56.3 Å². The van der Waals surface area contributed by atoms with Crippen LogP contribution in [0.1, 0.15) is 82.2 Å². The summed E-state index contributed by atoms with van der Waals surface area (Å²) in [6, 6.07) is 6.81. The normalized spacial score (nSPS) is 15.8. The Bertz CT molecular complexity index is 1330. The fourth-order valence-corrected chi connectivity index (χ4v) is 7.27. The van der Waals surface area contributed by atoms with Crippen LogP contribution in [-0.2, 0) is 31.9 Å². The number of rotatable bonds is 11. The molecule has 0 radical (unpaired) electrons. The van der Waals surface area contributed by atoms with Crippen molar-refractivity contribution in [2.75, 3.05) is 25.6 Å². The summed E-state index contributed by atoms with van der Waals surface area (Å²) in [4.78, 5) is 53.1. The van der Waals surface area contributed by atoms with Gasteiger partial charge in [0.25, 0.3) is 5.91 Å². The first kappa shape index (κ1) is 30.0. The maximum Gasteiger partial charge on any atom is 0.341 e. The van der Waals surface area contributed by atoms with Gasteiger partial charge in [-0.05, 0) is 74.8 Å². The molecule has 2 aliphatic rings.